The lowest BCUT2D eigenvalue weighted by Crippen LogP contribution is -2.21. The van der Waals surface area contributed by atoms with Crippen LogP contribution in [0.3, 0.4) is 0 Å². The lowest BCUT2D eigenvalue weighted by Gasteiger charge is -1.97. The minimum absolute atomic E-state index is 0.0248. The van der Waals surface area contributed by atoms with Crippen molar-refractivity contribution in [2.24, 2.45) is 0 Å². The van der Waals surface area contributed by atoms with Crippen LogP contribution in [-0.2, 0) is 0 Å². The van der Waals surface area contributed by atoms with Crippen molar-refractivity contribution in [1.82, 2.24) is 9.97 Å². The molecule has 0 unspecified atom stereocenters. The minimum Gasteiger partial charge on any atom is -0.544 e. The van der Waals surface area contributed by atoms with E-state index in [1.165, 1.54) is 0 Å². The second-order valence-electron chi connectivity index (χ2n) is 4.86. The molecule has 5 nitrogen and oxygen atoms in total. The third-order valence-corrected chi connectivity index (χ3v) is 4.73. The van der Waals surface area contributed by atoms with Crippen LogP contribution >= 0.6 is 22.9 Å². The molecule has 1 N–H and O–H groups in total. The van der Waals surface area contributed by atoms with E-state index in [2.05, 4.69) is 9.97 Å². The zero-order chi connectivity index (χ0) is 16.6. The fraction of sp³-hybridized carbons (Fsp3) is 0.0625. The first-order valence-corrected chi connectivity index (χ1v) is 7.83. The summed E-state index contributed by atoms with van der Waals surface area (Å²) in [6.07, 6.45) is 3.43. The molecule has 23 heavy (non-hydrogen) atoms. The van der Waals surface area contributed by atoms with Gasteiger partial charge in [-0.15, -0.1) is 11.3 Å². The van der Waals surface area contributed by atoms with Gasteiger partial charge in [0.05, 0.1) is 16.2 Å². The molecule has 0 aliphatic carbocycles. The average Bonchev–Trinajstić information content (AvgIpc) is 2.84. The molecule has 1 aromatic carbocycles. The second kappa shape index (κ2) is 5.98. The number of hydrogen-bond acceptors (Lipinski definition) is 5. The summed E-state index contributed by atoms with van der Waals surface area (Å²) >= 11 is 6.76. The number of aryl methyl sites for hydroxylation is 1. The number of rotatable bonds is 3. The highest BCUT2D eigenvalue weighted by Gasteiger charge is 2.14. The summed E-state index contributed by atoms with van der Waals surface area (Å²) in [6, 6.07) is 7.18. The highest BCUT2D eigenvalue weighted by Crippen LogP contribution is 2.26. The molecule has 0 amide bonds. The van der Waals surface area contributed by atoms with E-state index in [1.807, 2.05) is 12.1 Å². The summed E-state index contributed by atoms with van der Waals surface area (Å²) in [5, 5.41) is 12.0. The van der Waals surface area contributed by atoms with E-state index in [0.717, 1.165) is 16.9 Å². The molecule has 0 fully saturated rings. The van der Waals surface area contributed by atoms with Crippen molar-refractivity contribution >= 4 is 51.3 Å². The molecule has 3 rings (SSSR count). The lowest BCUT2D eigenvalue weighted by atomic mass is 10.2. The van der Waals surface area contributed by atoms with Crippen molar-refractivity contribution in [3.05, 3.63) is 61.5 Å². The predicted octanol–water partition coefficient (Wildman–Crippen LogP) is 2.48. The number of carboxylic acid groups (broad SMARTS) is 1. The third kappa shape index (κ3) is 3.04. The van der Waals surface area contributed by atoms with Gasteiger partial charge in [-0.1, -0.05) is 29.8 Å². The quantitative estimate of drug-likeness (QED) is 0.790. The summed E-state index contributed by atoms with van der Waals surface area (Å²) in [7, 11) is 0. The molecule has 0 saturated heterocycles. The molecule has 3 aromatic rings. The number of H-pyrrole nitrogens is 1. The number of nitrogens with one attached hydrogen (secondary N) is 1. The summed E-state index contributed by atoms with van der Waals surface area (Å²) in [5.74, 6) is -0.952. The monoisotopic (exact) mass is 345 g/mol. The van der Waals surface area contributed by atoms with Crippen LogP contribution in [0.4, 0.5) is 0 Å². The number of carbonyl (C=O) groups excluding carboxylic acids is 1. The maximum absolute atomic E-state index is 12.2. The average molecular weight is 346 g/mol. The molecule has 0 radical (unpaired) electrons. The molecular formula is C16H10ClN2O3S-. The number of aromatic carboxylic acids is 1. The lowest BCUT2D eigenvalue weighted by molar-refractivity contribution is -0.254. The van der Waals surface area contributed by atoms with Crippen LogP contribution in [0, 0.1) is 6.92 Å². The molecule has 2 heterocycles. The Balaban J connectivity index is 2.04. The minimum atomic E-state index is -1.30. The van der Waals surface area contributed by atoms with Gasteiger partial charge in [0.1, 0.15) is 10.7 Å². The standard InChI is InChI=1S/C16H11ClN2O3S/c1-8-12-14(20)18-11(19-15(12)23-13(8)16(21)22)7-4-9-2-5-10(17)6-3-9/h2-7H,1H3,(H,21,22)(H,18,19,20)/p-1/b7-4+. The van der Waals surface area contributed by atoms with Gasteiger partial charge in [-0.2, -0.15) is 0 Å². The molecule has 116 valence electrons. The van der Waals surface area contributed by atoms with Gasteiger partial charge in [-0.3, -0.25) is 4.79 Å². The maximum atomic E-state index is 12.2. The number of fused-ring (bicyclic) bond motifs is 1. The van der Waals surface area contributed by atoms with Crippen molar-refractivity contribution in [2.75, 3.05) is 0 Å². The summed E-state index contributed by atoms with van der Waals surface area (Å²) in [6.45, 7) is 1.57. The normalized spacial score (nSPS) is 11.4. The van der Waals surface area contributed by atoms with E-state index < -0.39 is 5.97 Å². The molecule has 2 aromatic heterocycles. The predicted molar refractivity (Wildman–Crippen MR) is 89.7 cm³/mol. The van der Waals surface area contributed by atoms with Crippen LogP contribution in [0.1, 0.15) is 26.6 Å². The van der Waals surface area contributed by atoms with Gasteiger partial charge < -0.3 is 14.9 Å². The Morgan fingerprint density at radius 2 is 2.00 bits per heavy atom. The van der Waals surface area contributed by atoms with E-state index >= 15 is 0 Å². The molecule has 0 saturated carbocycles. The fourth-order valence-electron chi connectivity index (χ4n) is 2.18. The Morgan fingerprint density at radius 1 is 1.30 bits per heavy atom. The van der Waals surface area contributed by atoms with Crippen LogP contribution in [0.5, 0.6) is 0 Å². The molecule has 0 aliphatic rings. The number of nitrogens with zero attached hydrogens (tertiary/aromatic N) is 1. The van der Waals surface area contributed by atoms with Crippen molar-refractivity contribution in [3.63, 3.8) is 0 Å². The van der Waals surface area contributed by atoms with E-state index in [-0.39, 0.29) is 15.8 Å². The number of aromatic nitrogens is 2. The van der Waals surface area contributed by atoms with Crippen molar-refractivity contribution in [3.8, 4) is 0 Å². The molecule has 7 heteroatoms. The van der Waals surface area contributed by atoms with Crippen molar-refractivity contribution < 1.29 is 9.90 Å². The number of aromatic amines is 1. The Hall–Kier alpha value is -2.44. The van der Waals surface area contributed by atoms with Gasteiger partial charge in [0, 0.05) is 5.02 Å². The smallest absolute Gasteiger partial charge is 0.260 e. The number of benzene rings is 1. The van der Waals surface area contributed by atoms with Gasteiger partial charge in [0.25, 0.3) is 5.56 Å². The zero-order valence-electron chi connectivity index (χ0n) is 11.9. The van der Waals surface area contributed by atoms with Crippen molar-refractivity contribution in [2.45, 2.75) is 6.92 Å². The number of carbonyl (C=O) groups is 1. The van der Waals surface area contributed by atoms with E-state index in [9.17, 15) is 14.7 Å². The Labute approximate surface area is 139 Å². The molecular weight excluding hydrogens is 336 g/mol. The van der Waals surface area contributed by atoms with E-state index in [0.29, 0.717) is 21.2 Å². The van der Waals surface area contributed by atoms with Gasteiger partial charge in [-0.05, 0) is 36.3 Å². The molecule has 0 spiro atoms. The third-order valence-electron chi connectivity index (χ3n) is 3.31. The van der Waals surface area contributed by atoms with Crippen LogP contribution in [0.2, 0.25) is 5.02 Å². The van der Waals surface area contributed by atoms with Crippen LogP contribution in [0.25, 0.3) is 22.4 Å². The highest BCUT2D eigenvalue weighted by atomic mass is 35.5. The second-order valence-corrected chi connectivity index (χ2v) is 6.30. The first-order chi connectivity index (χ1) is 11.0. The fourth-order valence-corrected chi connectivity index (χ4v) is 3.33. The zero-order valence-corrected chi connectivity index (χ0v) is 13.5. The topological polar surface area (TPSA) is 85.9 Å². The summed E-state index contributed by atoms with van der Waals surface area (Å²) < 4.78 is 0. The van der Waals surface area contributed by atoms with Crippen LogP contribution in [0.15, 0.2) is 29.1 Å². The SMILES string of the molecule is Cc1c(C(=O)[O-])sc2nc(/C=C/c3ccc(Cl)cc3)[nH]c(=O)c12. The summed E-state index contributed by atoms with van der Waals surface area (Å²) in [5.41, 5.74) is 0.911. The molecule has 0 aliphatic heterocycles. The Morgan fingerprint density at radius 3 is 2.65 bits per heavy atom. The van der Waals surface area contributed by atoms with Crippen LogP contribution < -0.4 is 10.7 Å². The van der Waals surface area contributed by atoms with Crippen LogP contribution in [-0.4, -0.2) is 15.9 Å². The van der Waals surface area contributed by atoms with Crippen molar-refractivity contribution in [1.29, 1.82) is 0 Å². The first-order valence-electron chi connectivity index (χ1n) is 6.64. The Kier molecular flexibility index (Phi) is 4.02. The number of carboxylic acids is 1. The van der Waals surface area contributed by atoms with Gasteiger partial charge in [0.2, 0.25) is 0 Å². The highest BCUT2D eigenvalue weighted by molar-refractivity contribution is 7.20. The summed E-state index contributed by atoms with van der Waals surface area (Å²) in [4.78, 5) is 30.6. The van der Waals surface area contributed by atoms with E-state index in [4.69, 9.17) is 11.6 Å². The number of thiophene rings is 1. The van der Waals surface area contributed by atoms with Gasteiger partial charge >= 0.3 is 0 Å². The van der Waals surface area contributed by atoms with E-state index in [1.54, 1.807) is 31.2 Å². The molecule has 0 atom stereocenters. The van der Waals surface area contributed by atoms with Gasteiger partial charge in [-0.25, -0.2) is 4.98 Å². The largest absolute Gasteiger partial charge is 0.544 e. The Bertz CT molecular complexity index is 987. The number of hydrogen-bond donors (Lipinski definition) is 1. The van der Waals surface area contributed by atoms with Gasteiger partial charge in [0.15, 0.2) is 0 Å². The first kappa shape index (κ1) is 15.5. The molecule has 0 bridgehead atoms. The number of halogens is 1. The maximum Gasteiger partial charge on any atom is 0.260 e.